The third kappa shape index (κ3) is 6.08. The zero-order chi connectivity index (χ0) is 24.9. The lowest BCUT2D eigenvalue weighted by Crippen LogP contribution is -2.46. The summed E-state index contributed by atoms with van der Waals surface area (Å²) < 4.78 is 20.2. The van der Waals surface area contributed by atoms with Crippen LogP contribution in [0.3, 0.4) is 0 Å². The minimum absolute atomic E-state index is 0.0643. The van der Waals surface area contributed by atoms with E-state index in [1.54, 1.807) is 29.0 Å². The Hall–Kier alpha value is -3.65. The number of hydrogen-bond acceptors (Lipinski definition) is 5. The molecule has 1 fully saturated rings. The minimum Gasteiger partial charge on any atom is -0.491 e. The van der Waals surface area contributed by atoms with E-state index in [1.165, 1.54) is 19.2 Å². The number of pyridine rings is 1. The average Bonchev–Trinajstić information content (AvgIpc) is 2.83. The van der Waals surface area contributed by atoms with Crippen LogP contribution in [0.15, 0.2) is 59.5 Å². The lowest BCUT2D eigenvalue weighted by atomic mass is 10.1. The summed E-state index contributed by atoms with van der Waals surface area (Å²) in [6.45, 7) is 7.72. The maximum absolute atomic E-state index is 13.2. The lowest BCUT2D eigenvalue weighted by Gasteiger charge is -2.36. The highest BCUT2D eigenvalue weighted by atomic mass is 19.1. The highest BCUT2D eigenvalue weighted by molar-refractivity contribution is 5.91. The maximum atomic E-state index is 13.2. The van der Waals surface area contributed by atoms with Gasteiger partial charge in [0, 0.05) is 55.9 Å². The summed E-state index contributed by atoms with van der Waals surface area (Å²) in [7, 11) is 1.45. The molecule has 1 aliphatic heterocycles. The second-order valence-electron chi connectivity index (χ2n) is 8.93. The third-order valence-electron chi connectivity index (χ3n) is 6.32. The zero-order valence-electron chi connectivity index (χ0n) is 20.4. The van der Waals surface area contributed by atoms with Crippen molar-refractivity contribution in [3.05, 3.63) is 87.6 Å². The van der Waals surface area contributed by atoms with E-state index in [0.717, 1.165) is 54.4 Å². The minimum atomic E-state index is -0.244. The second-order valence-corrected chi connectivity index (χ2v) is 8.93. The number of methoxy groups -OCH3 is 1. The molecular weight excluding hydrogens is 447 g/mol. The summed E-state index contributed by atoms with van der Waals surface area (Å²) in [6, 6.07) is 14.0. The second kappa shape index (κ2) is 10.7. The summed E-state index contributed by atoms with van der Waals surface area (Å²) in [4.78, 5) is 29.8. The summed E-state index contributed by atoms with van der Waals surface area (Å²) >= 11 is 0. The predicted octanol–water partition coefficient (Wildman–Crippen LogP) is 3.57. The monoisotopic (exact) mass is 478 g/mol. The molecule has 1 aromatic heterocycles. The molecule has 1 aliphatic rings. The SMILES string of the molecule is COc1cn(CC(=O)Nc2ccc(C)cc2C)c(CN2CCN(c3ccc(F)cc3)CC2)cc1=O. The van der Waals surface area contributed by atoms with Gasteiger partial charge in [-0.1, -0.05) is 17.7 Å². The number of piperazine rings is 1. The fourth-order valence-corrected chi connectivity index (χ4v) is 4.37. The van der Waals surface area contributed by atoms with E-state index in [1.807, 2.05) is 32.0 Å². The van der Waals surface area contributed by atoms with Crippen LogP contribution in [0.5, 0.6) is 5.75 Å². The van der Waals surface area contributed by atoms with Crippen LogP contribution in [0.25, 0.3) is 0 Å². The Balaban J connectivity index is 1.45. The average molecular weight is 479 g/mol. The number of carbonyl (C=O) groups excluding carboxylic acids is 1. The van der Waals surface area contributed by atoms with Crippen LogP contribution in [-0.4, -0.2) is 48.7 Å². The fraction of sp³-hybridized carbons (Fsp3) is 0.333. The quantitative estimate of drug-likeness (QED) is 0.562. The van der Waals surface area contributed by atoms with Gasteiger partial charge >= 0.3 is 0 Å². The highest BCUT2D eigenvalue weighted by Gasteiger charge is 2.20. The maximum Gasteiger partial charge on any atom is 0.244 e. The van der Waals surface area contributed by atoms with Crippen molar-refractivity contribution in [2.24, 2.45) is 0 Å². The van der Waals surface area contributed by atoms with Crippen LogP contribution in [0, 0.1) is 19.7 Å². The molecule has 0 radical (unpaired) electrons. The van der Waals surface area contributed by atoms with Crippen molar-refractivity contribution in [2.45, 2.75) is 26.9 Å². The largest absolute Gasteiger partial charge is 0.491 e. The number of hydrogen-bond donors (Lipinski definition) is 1. The number of amides is 1. The molecule has 8 heteroatoms. The number of nitrogens with zero attached hydrogens (tertiary/aromatic N) is 3. The molecule has 1 saturated heterocycles. The topological polar surface area (TPSA) is 66.8 Å². The number of benzene rings is 2. The van der Waals surface area contributed by atoms with Crippen LogP contribution < -0.4 is 20.4 Å². The molecule has 2 heterocycles. The highest BCUT2D eigenvalue weighted by Crippen LogP contribution is 2.19. The van der Waals surface area contributed by atoms with Crippen LogP contribution in [0.4, 0.5) is 15.8 Å². The van der Waals surface area contributed by atoms with Gasteiger partial charge in [0.1, 0.15) is 12.4 Å². The molecule has 4 rings (SSSR count). The molecule has 0 atom stereocenters. The molecule has 184 valence electrons. The fourth-order valence-electron chi connectivity index (χ4n) is 4.37. The van der Waals surface area contributed by atoms with Gasteiger partial charge < -0.3 is 19.5 Å². The van der Waals surface area contributed by atoms with E-state index in [4.69, 9.17) is 4.74 Å². The smallest absolute Gasteiger partial charge is 0.244 e. The first kappa shape index (κ1) is 24.5. The number of nitrogens with one attached hydrogen (secondary N) is 1. The van der Waals surface area contributed by atoms with Crippen molar-refractivity contribution in [3.63, 3.8) is 0 Å². The van der Waals surface area contributed by atoms with Gasteiger partial charge in [0.25, 0.3) is 0 Å². The van der Waals surface area contributed by atoms with E-state index in [-0.39, 0.29) is 29.4 Å². The van der Waals surface area contributed by atoms with Gasteiger partial charge in [0.2, 0.25) is 11.3 Å². The van der Waals surface area contributed by atoms with E-state index in [0.29, 0.717) is 6.54 Å². The number of anilines is 2. The van der Waals surface area contributed by atoms with Crippen LogP contribution in [-0.2, 0) is 17.9 Å². The lowest BCUT2D eigenvalue weighted by molar-refractivity contribution is -0.116. The van der Waals surface area contributed by atoms with Crippen LogP contribution in [0.1, 0.15) is 16.8 Å². The van der Waals surface area contributed by atoms with Crippen molar-refractivity contribution in [3.8, 4) is 5.75 Å². The van der Waals surface area contributed by atoms with Crippen LogP contribution >= 0.6 is 0 Å². The van der Waals surface area contributed by atoms with E-state index >= 15 is 0 Å². The number of aromatic nitrogens is 1. The van der Waals surface area contributed by atoms with Gasteiger partial charge in [-0.3, -0.25) is 14.5 Å². The number of ether oxygens (including phenoxy) is 1. The van der Waals surface area contributed by atoms with Gasteiger partial charge in [-0.15, -0.1) is 0 Å². The van der Waals surface area contributed by atoms with Crippen molar-refractivity contribution in [2.75, 3.05) is 43.5 Å². The van der Waals surface area contributed by atoms with Crippen molar-refractivity contribution in [1.82, 2.24) is 9.47 Å². The summed E-state index contributed by atoms with van der Waals surface area (Å²) in [5, 5.41) is 2.97. The first-order valence-electron chi connectivity index (χ1n) is 11.7. The van der Waals surface area contributed by atoms with E-state index in [2.05, 4.69) is 15.1 Å². The van der Waals surface area contributed by atoms with Gasteiger partial charge in [0.05, 0.1) is 13.3 Å². The summed E-state index contributed by atoms with van der Waals surface area (Å²) in [5.74, 6) is -0.217. The molecular formula is C27H31FN4O3. The molecule has 3 aromatic rings. The molecule has 7 nitrogen and oxygen atoms in total. The van der Waals surface area contributed by atoms with Gasteiger partial charge in [-0.2, -0.15) is 0 Å². The molecule has 0 bridgehead atoms. The number of halogens is 1. The zero-order valence-corrected chi connectivity index (χ0v) is 20.4. The normalized spacial score (nSPS) is 14.1. The van der Waals surface area contributed by atoms with Crippen LogP contribution in [0.2, 0.25) is 0 Å². The molecule has 1 amide bonds. The standard InChI is InChI=1S/C27H31FN4O3/c1-19-4-9-24(20(2)14-19)29-27(34)18-32-17-26(35-3)25(33)15-23(32)16-30-10-12-31(13-11-30)22-7-5-21(28)6-8-22/h4-9,14-15,17H,10-13,16,18H2,1-3H3,(H,29,34). The molecule has 35 heavy (non-hydrogen) atoms. The van der Waals surface area contributed by atoms with Gasteiger partial charge in [0.15, 0.2) is 5.75 Å². The molecule has 0 spiro atoms. The molecule has 1 N–H and O–H groups in total. The Morgan fingerprint density at radius 1 is 1.03 bits per heavy atom. The van der Waals surface area contributed by atoms with Gasteiger partial charge in [-0.25, -0.2) is 4.39 Å². The van der Waals surface area contributed by atoms with Crippen molar-refractivity contribution in [1.29, 1.82) is 0 Å². The number of rotatable bonds is 7. The Kier molecular flexibility index (Phi) is 7.51. The molecule has 0 aliphatic carbocycles. The number of carbonyl (C=O) groups is 1. The molecule has 0 saturated carbocycles. The van der Waals surface area contributed by atoms with Crippen molar-refractivity contribution >= 4 is 17.3 Å². The Labute approximate surface area is 204 Å². The third-order valence-corrected chi connectivity index (χ3v) is 6.32. The first-order valence-corrected chi connectivity index (χ1v) is 11.7. The van der Waals surface area contributed by atoms with Crippen molar-refractivity contribution < 1.29 is 13.9 Å². The predicted molar refractivity (Wildman–Crippen MR) is 136 cm³/mol. The molecule has 2 aromatic carbocycles. The van der Waals surface area contributed by atoms with E-state index in [9.17, 15) is 14.0 Å². The number of aryl methyl sites for hydroxylation is 2. The summed E-state index contributed by atoms with van der Waals surface area (Å²) in [5.41, 5.74) is 4.44. The Bertz CT molecular complexity index is 1250. The molecule has 0 unspecified atom stereocenters. The Morgan fingerprint density at radius 2 is 1.74 bits per heavy atom. The first-order chi connectivity index (χ1) is 16.8. The Morgan fingerprint density at radius 3 is 2.40 bits per heavy atom. The van der Waals surface area contributed by atoms with Gasteiger partial charge in [-0.05, 0) is 49.7 Å². The van der Waals surface area contributed by atoms with E-state index < -0.39 is 0 Å². The summed E-state index contributed by atoms with van der Waals surface area (Å²) in [6.07, 6.45) is 1.61.